The molecule has 1 N–H and O–H groups in total. The van der Waals surface area contributed by atoms with Gasteiger partial charge in [-0.05, 0) is 94.3 Å². The molecule has 1 unspecified atom stereocenters. The van der Waals surface area contributed by atoms with E-state index >= 15 is 0 Å². The van der Waals surface area contributed by atoms with Crippen LogP contribution in [-0.2, 0) is 17.6 Å². The molecule has 2 saturated heterocycles. The molecule has 2 aliphatic heterocycles. The molecule has 0 aromatic heterocycles. The van der Waals surface area contributed by atoms with Crippen molar-refractivity contribution < 1.29 is 9.53 Å². The second-order valence-electron chi connectivity index (χ2n) is 9.35. The number of amides is 1. The molecule has 0 radical (unpaired) electrons. The number of carbonyl (C=O) groups excluding carboxylic acids is 1. The first kappa shape index (κ1) is 26.9. The molecule has 2 fully saturated rings. The molecule has 0 bridgehead atoms. The minimum atomic E-state index is 0. The van der Waals surface area contributed by atoms with E-state index in [1.54, 1.807) is 7.11 Å². The van der Waals surface area contributed by atoms with Crippen LogP contribution in [0.25, 0.3) is 0 Å². The summed E-state index contributed by atoms with van der Waals surface area (Å²) < 4.78 is 5.47. The van der Waals surface area contributed by atoms with Crippen molar-refractivity contribution in [2.75, 3.05) is 39.8 Å². The standard InChI is InChI=1S/C25H39N3O2.CH4.ClH/c1-3-14-28(23-6-4-19-5-7-24(30-2)18-21(19)17-23)22-10-15-27(16-11-22)25(29)20-8-12-26-13-9-20;;/h5,7,18,20,22-23,26H,3-4,6,8-17H2,1-2H3;1H4;1H. The lowest BCUT2D eigenvalue weighted by molar-refractivity contribution is -0.138. The fourth-order valence-corrected chi connectivity index (χ4v) is 5.79. The zero-order chi connectivity index (χ0) is 20.9. The number of likely N-dealkylation sites (tertiary alicyclic amines) is 1. The summed E-state index contributed by atoms with van der Waals surface area (Å²) in [5.74, 6) is 1.64. The van der Waals surface area contributed by atoms with Gasteiger partial charge < -0.3 is 15.0 Å². The summed E-state index contributed by atoms with van der Waals surface area (Å²) in [4.78, 5) is 17.9. The Kier molecular flexibility index (Phi) is 10.8. The lowest BCUT2D eigenvalue weighted by Crippen LogP contribution is -2.52. The highest BCUT2D eigenvalue weighted by Gasteiger charge is 2.34. The highest BCUT2D eigenvalue weighted by atomic mass is 35.5. The van der Waals surface area contributed by atoms with Crippen molar-refractivity contribution in [3.8, 4) is 5.75 Å². The van der Waals surface area contributed by atoms with Crippen LogP contribution in [0.15, 0.2) is 18.2 Å². The fraction of sp³-hybridized carbons (Fsp3) is 0.731. The number of benzene rings is 1. The SMILES string of the molecule is C.CCCN(C1CCN(C(=O)C2CCNCC2)CC1)C1CCc2ccc(OC)cc2C1.Cl. The van der Waals surface area contributed by atoms with Crippen LogP contribution in [0, 0.1) is 5.92 Å². The summed E-state index contributed by atoms with van der Waals surface area (Å²) in [6, 6.07) is 7.81. The smallest absolute Gasteiger partial charge is 0.225 e. The highest BCUT2D eigenvalue weighted by molar-refractivity contribution is 5.85. The van der Waals surface area contributed by atoms with Gasteiger partial charge in [-0.3, -0.25) is 9.69 Å². The number of carbonyl (C=O) groups is 1. The van der Waals surface area contributed by atoms with E-state index in [0.717, 1.165) is 77.0 Å². The van der Waals surface area contributed by atoms with Crippen LogP contribution in [0.3, 0.4) is 0 Å². The second-order valence-corrected chi connectivity index (χ2v) is 9.35. The van der Waals surface area contributed by atoms with E-state index in [9.17, 15) is 4.79 Å². The molecule has 182 valence electrons. The second kappa shape index (κ2) is 12.8. The minimum absolute atomic E-state index is 0. The van der Waals surface area contributed by atoms with Gasteiger partial charge in [-0.2, -0.15) is 0 Å². The van der Waals surface area contributed by atoms with Crippen molar-refractivity contribution in [3.63, 3.8) is 0 Å². The van der Waals surface area contributed by atoms with Crippen LogP contribution in [0.4, 0.5) is 0 Å². The zero-order valence-corrected chi connectivity index (χ0v) is 20.1. The first-order chi connectivity index (χ1) is 14.7. The van der Waals surface area contributed by atoms with Crippen molar-refractivity contribution in [1.82, 2.24) is 15.1 Å². The maximum absolute atomic E-state index is 12.9. The van der Waals surface area contributed by atoms with Crippen LogP contribution in [-0.4, -0.2) is 67.6 Å². The van der Waals surface area contributed by atoms with Gasteiger partial charge in [0.25, 0.3) is 0 Å². The van der Waals surface area contributed by atoms with Crippen LogP contribution in [0.1, 0.15) is 64.0 Å². The predicted octanol–water partition coefficient (Wildman–Crippen LogP) is 4.31. The molecule has 5 nitrogen and oxygen atoms in total. The van der Waals surface area contributed by atoms with Gasteiger partial charge in [-0.15, -0.1) is 12.4 Å². The number of aryl methyl sites for hydroxylation is 1. The topological polar surface area (TPSA) is 44.8 Å². The normalized spacial score (nSPS) is 22.0. The summed E-state index contributed by atoms with van der Waals surface area (Å²) in [6.45, 7) is 7.31. The van der Waals surface area contributed by atoms with E-state index < -0.39 is 0 Å². The third kappa shape index (κ3) is 6.18. The number of hydrogen-bond acceptors (Lipinski definition) is 4. The van der Waals surface area contributed by atoms with Crippen LogP contribution in [0.5, 0.6) is 5.75 Å². The average molecular weight is 466 g/mol. The number of nitrogens with zero attached hydrogens (tertiary/aromatic N) is 2. The maximum atomic E-state index is 12.9. The van der Waals surface area contributed by atoms with Crippen LogP contribution >= 0.6 is 12.4 Å². The number of fused-ring (bicyclic) bond motifs is 1. The van der Waals surface area contributed by atoms with Gasteiger partial charge >= 0.3 is 0 Å². The number of ether oxygens (including phenoxy) is 1. The molecule has 3 aliphatic rings. The minimum Gasteiger partial charge on any atom is -0.497 e. The Morgan fingerprint density at radius 2 is 1.81 bits per heavy atom. The van der Waals surface area contributed by atoms with Crippen molar-refractivity contribution >= 4 is 18.3 Å². The summed E-state index contributed by atoms with van der Waals surface area (Å²) in [7, 11) is 1.75. The Morgan fingerprint density at radius 3 is 2.47 bits per heavy atom. The Labute approximate surface area is 201 Å². The number of nitrogens with one attached hydrogen (secondary N) is 1. The molecule has 1 aromatic rings. The molecule has 0 saturated carbocycles. The van der Waals surface area contributed by atoms with Gasteiger partial charge in [-0.1, -0.05) is 20.4 Å². The molecule has 32 heavy (non-hydrogen) atoms. The fourth-order valence-electron chi connectivity index (χ4n) is 5.79. The molecule has 2 heterocycles. The summed E-state index contributed by atoms with van der Waals surface area (Å²) in [6.07, 6.45) is 8.98. The number of methoxy groups -OCH3 is 1. The Bertz CT molecular complexity index is 715. The summed E-state index contributed by atoms with van der Waals surface area (Å²) in [5.41, 5.74) is 2.95. The molecule has 1 amide bonds. The third-order valence-corrected chi connectivity index (χ3v) is 7.50. The molecule has 0 spiro atoms. The monoisotopic (exact) mass is 465 g/mol. The first-order valence-electron chi connectivity index (χ1n) is 12.1. The van der Waals surface area contributed by atoms with Crippen molar-refractivity contribution in [3.05, 3.63) is 29.3 Å². The van der Waals surface area contributed by atoms with E-state index in [1.807, 2.05) is 0 Å². The Hall–Kier alpha value is -1.30. The molecular formula is C26H44ClN3O2. The quantitative estimate of drug-likeness (QED) is 0.679. The molecule has 4 rings (SSSR count). The van der Waals surface area contributed by atoms with Crippen molar-refractivity contribution in [1.29, 1.82) is 0 Å². The summed E-state index contributed by atoms with van der Waals surface area (Å²) in [5, 5.41) is 3.37. The Morgan fingerprint density at radius 1 is 1.09 bits per heavy atom. The van der Waals surface area contributed by atoms with E-state index in [0.29, 0.717) is 18.0 Å². The lowest BCUT2D eigenvalue weighted by Gasteiger charge is -2.44. The largest absolute Gasteiger partial charge is 0.497 e. The van der Waals surface area contributed by atoms with Crippen molar-refractivity contribution in [2.45, 2.75) is 77.8 Å². The first-order valence-corrected chi connectivity index (χ1v) is 12.1. The van der Waals surface area contributed by atoms with E-state index in [2.05, 4.69) is 40.2 Å². The van der Waals surface area contributed by atoms with Gasteiger partial charge in [0.05, 0.1) is 7.11 Å². The molecule has 6 heteroatoms. The lowest BCUT2D eigenvalue weighted by atomic mass is 9.85. The number of rotatable bonds is 6. The average Bonchev–Trinajstić information content (AvgIpc) is 2.82. The third-order valence-electron chi connectivity index (χ3n) is 7.50. The van der Waals surface area contributed by atoms with Gasteiger partial charge in [0.15, 0.2) is 0 Å². The van der Waals surface area contributed by atoms with Crippen molar-refractivity contribution in [2.24, 2.45) is 5.92 Å². The predicted molar refractivity (Wildman–Crippen MR) is 135 cm³/mol. The molecule has 1 atom stereocenters. The highest BCUT2D eigenvalue weighted by Crippen LogP contribution is 2.31. The van der Waals surface area contributed by atoms with Crippen LogP contribution in [0.2, 0.25) is 0 Å². The van der Waals surface area contributed by atoms with Gasteiger partial charge in [0.2, 0.25) is 5.91 Å². The molecular weight excluding hydrogens is 422 g/mol. The summed E-state index contributed by atoms with van der Waals surface area (Å²) >= 11 is 0. The number of hydrogen-bond donors (Lipinski definition) is 1. The van der Waals surface area contributed by atoms with Gasteiger partial charge in [0.1, 0.15) is 5.75 Å². The molecule has 1 aromatic carbocycles. The van der Waals surface area contributed by atoms with E-state index in [-0.39, 0.29) is 25.8 Å². The van der Waals surface area contributed by atoms with Gasteiger partial charge in [-0.25, -0.2) is 0 Å². The van der Waals surface area contributed by atoms with Crippen LogP contribution < -0.4 is 10.1 Å². The van der Waals surface area contributed by atoms with E-state index in [4.69, 9.17) is 4.74 Å². The molecule has 1 aliphatic carbocycles. The zero-order valence-electron chi connectivity index (χ0n) is 19.3. The van der Waals surface area contributed by atoms with E-state index in [1.165, 1.54) is 24.0 Å². The number of halogens is 1. The Balaban J connectivity index is 0.00000181. The van der Waals surface area contributed by atoms with Gasteiger partial charge in [0, 0.05) is 31.1 Å². The number of piperidine rings is 2. The maximum Gasteiger partial charge on any atom is 0.225 e.